The lowest BCUT2D eigenvalue weighted by Crippen LogP contribution is -2.07. The molecule has 0 spiro atoms. The van der Waals surface area contributed by atoms with Crippen LogP contribution in [0.2, 0.25) is 5.02 Å². The summed E-state index contributed by atoms with van der Waals surface area (Å²) in [5.74, 6) is 0.0458. The second-order valence-corrected chi connectivity index (χ2v) is 6.63. The minimum absolute atomic E-state index is 0.106. The van der Waals surface area contributed by atoms with E-state index in [0.29, 0.717) is 16.3 Å². The highest BCUT2D eigenvalue weighted by atomic mass is 35.5. The van der Waals surface area contributed by atoms with Crippen molar-refractivity contribution in [3.63, 3.8) is 0 Å². The van der Waals surface area contributed by atoms with Crippen LogP contribution in [0, 0.1) is 0 Å². The molecular weight excluding hydrogens is 298 g/mol. The van der Waals surface area contributed by atoms with Crippen LogP contribution in [-0.4, -0.2) is 15.5 Å². The molecule has 20 heavy (non-hydrogen) atoms. The molecule has 2 aromatic rings. The normalized spacial score (nSPS) is 11.3. The fraction of sp³-hybridized carbons (Fsp3) is 0.143. The van der Waals surface area contributed by atoms with Gasteiger partial charge in [0, 0.05) is 16.8 Å². The molecule has 0 atom stereocenters. The average molecular weight is 312 g/mol. The number of nitrogen functional groups attached to an aromatic ring is 1. The maximum Gasteiger partial charge on any atom is 0.186 e. The lowest BCUT2D eigenvalue weighted by Gasteiger charge is -2.11. The fourth-order valence-electron chi connectivity index (χ4n) is 1.84. The van der Waals surface area contributed by atoms with Crippen LogP contribution in [0.1, 0.15) is 5.56 Å². The Labute approximate surface area is 123 Å². The summed E-state index contributed by atoms with van der Waals surface area (Å²) >= 11 is 6.00. The number of nitrogens with two attached hydrogens (primary N) is 1. The molecule has 0 saturated carbocycles. The van der Waals surface area contributed by atoms with Crippen LogP contribution in [0.4, 0.5) is 5.69 Å². The van der Waals surface area contributed by atoms with Crippen molar-refractivity contribution < 1.29 is 13.2 Å². The molecule has 0 aliphatic carbocycles. The number of hydrogen-bond acceptors (Lipinski definition) is 4. The maximum atomic E-state index is 12.5. The Hall–Kier alpha value is -1.72. The van der Waals surface area contributed by atoms with Gasteiger partial charge in [0.1, 0.15) is 10.6 Å². The van der Waals surface area contributed by atoms with Gasteiger partial charge in [-0.2, -0.15) is 0 Å². The Balaban J connectivity index is 2.44. The van der Waals surface area contributed by atoms with Crippen LogP contribution < -0.4 is 10.5 Å². The van der Waals surface area contributed by atoms with E-state index in [1.54, 1.807) is 24.3 Å². The predicted octanol–water partition coefficient (Wildman–Crippen LogP) is 2.90. The van der Waals surface area contributed by atoms with E-state index in [0.717, 1.165) is 0 Å². The van der Waals surface area contributed by atoms with Crippen molar-refractivity contribution in [3.8, 4) is 5.75 Å². The number of halogens is 1. The van der Waals surface area contributed by atoms with E-state index in [1.165, 1.54) is 25.3 Å². The molecule has 0 aromatic heterocycles. The summed E-state index contributed by atoms with van der Waals surface area (Å²) in [6.45, 7) is 0. The maximum absolute atomic E-state index is 12.5. The molecule has 0 unspecified atom stereocenters. The fourth-order valence-corrected chi connectivity index (χ4v) is 3.66. The van der Waals surface area contributed by atoms with Gasteiger partial charge in [0.2, 0.25) is 0 Å². The first-order valence-electron chi connectivity index (χ1n) is 5.84. The number of sulfone groups is 1. The Kier molecular flexibility index (Phi) is 4.20. The Morgan fingerprint density at radius 3 is 2.55 bits per heavy atom. The number of methoxy groups -OCH3 is 1. The number of rotatable bonds is 4. The highest BCUT2D eigenvalue weighted by molar-refractivity contribution is 7.90. The van der Waals surface area contributed by atoms with Gasteiger partial charge < -0.3 is 10.5 Å². The third kappa shape index (κ3) is 3.05. The highest BCUT2D eigenvalue weighted by Crippen LogP contribution is 2.30. The van der Waals surface area contributed by atoms with Gasteiger partial charge in [-0.3, -0.25) is 0 Å². The molecule has 0 aliphatic heterocycles. The zero-order valence-electron chi connectivity index (χ0n) is 10.8. The molecule has 4 nitrogen and oxygen atoms in total. The molecule has 0 radical (unpaired) electrons. The zero-order valence-corrected chi connectivity index (χ0v) is 12.4. The first-order valence-corrected chi connectivity index (χ1v) is 7.87. The van der Waals surface area contributed by atoms with Gasteiger partial charge in [-0.25, -0.2) is 8.42 Å². The van der Waals surface area contributed by atoms with Crippen LogP contribution in [0.3, 0.4) is 0 Å². The van der Waals surface area contributed by atoms with Crippen molar-refractivity contribution in [1.82, 2.24) is 0 Å². The first-order chi connectivity index (χ1) is 9.44. The summed E-state index contributed by atoms with van der Waals surface area (Å²) in [7, 11) is -2.15. The molecule has 0 heterocycles. The average Bonchev–Trinajstić information content (AvgIpc) is 2.40. The zero-order chi connectivity index (χ0) is 14.8. The Morgan fingerprint density at radius 1 is 1.20 bits per heavy atom. The van der Waals surface area contributed by atoms with Crippen molar-refractivity contribution in [2.24, 2.45) is 0 Å². The molecule has 0 aliphatic rings. The molecule has 2 rings (SSSR count). The van der Waals surface area contributed by atoms with Gasteiger partial charge >= 0.3 is 0 Å². The molecule has 0 bridgehead atoms. The van der Waals surface area contributed by atoms with E-state index in [4.69, 9.17) is 22.1 Å². The van der Waals surface area contributed by atoms with E-state index in [9.17, 15) is 8.42 Å². The minimum atomic E-state index is -3.56. The molecular formula is C14H14ClNO3S. The smallest absolute Gasteiger partial charge is 0.186 e. The largest absolute Gasteiger partial charge is 0.495 e. The number of anilines is 1. The van der Waals surface area contributed by atoms with Gasteiger partial charge in [0.15, 0.2) is 9.84 Å². The summed E-state index contributed by atoms with van der Waals surface area (Å²) in [4.78, 5) is 0.106. The van der Waals surface area contributed by atoms with Crippen LogP contribution in [-0.2, 0) is 15.6 Å². The Bertz CT molecular complexity index is 729. The monoisotopic (exact) mass is 311 g/mol. The predicted molar refractivity (Wildman–Crippen MR) is 79.7 cm³/mol. The minimum Gasteiger partial charge on any atom is -0.495 e. The van der Waals surface area contributed by atoms with Gasteiger partial charge in [0.05, 0.1) is 12.9 Å². The Morgan fingerprint density at radius 2 is 1.90 bits per heavy atom. The molecule has 106 valence electrons. The SMILES string of the molecule is COc1cc(N)ccc1S(=O)(=O)Cc1ccccc1Cl. The van der Waals surface area contributed by atoms with Crippen LogP contribution in [0.15, 0.2) is 47.4 Å². The van der Waals surface area contributed by atoms with Crippen molar-refractivity contribution in [2.45, 2.75) is 10.6 Å². The number of hydrogen-bond donors (Lipinski definition) is 1. The molecule has 0 saturated heterocycles. The summed E-state index contributed by atoms with van der Waals surface area (Å²) < 4.78 is 30.0. The van der Waals surface area contributed by atoms with E-state index < -0.39 is 9.84 Å². The van der Waals surface area contributed by atoms with E-state index >= 15 is 0 Å². The molecule has 0 fully saturated rings. The van der Waals surface area contributed by atoms with Gasteiger partial charge in [-0.05, 0) is 23.8 Å². The van der Waals surface area contributed by atoms with Gasteiger partial charge in [0.25, 0.3) is 0 Å². The second kappa shape index (κ2) is 5.73. The highest BCUT2D eigenvalue weighted by Gasteiger charge is 2.21. The third-order valence-electron chi connectivity index (χ3n) is 2.83. The molecule has 0 amide bonds. The molecule has 2 aromatic carbocycles. The summed E-state index contributed by atoms with van der Waals surface area (Å²) in [6, 6.07) is 11.3. The quantitative estimate of drug-likeness (QED) is 0.881. The third-order valence-corrected chi connectivity index (χ3v) is 4.89. The molecule has 6 heteroatoms. The molecule has 2 N–H and O–H groups in total. The second-order valence-electron chi connectivity index (χ2n) is 4.26. The van der Waals surface area contributed by atoms with Gasteiger partial charge in [-0.15, -0.1) is 0 Å². The van der Waals surface area contributed by atoms with Crippen molar-refractivity contribution in [2.75, 3.05) is 12.8 Å². The lowest BCUT2D eigenvalue weighted by molar-refractivity contribution is 0.403. The van der Waals surface area contributed by atoms with Crippen molar-refractivity contribution >= 4 is 27.1 Å². The van der Waals surface area contributed by atoms with Crippen LogP contribution in [0.5, 0.6) is 5.75 Å². The summed E-state index contributed by atoms with van der Waals surface area (Å²) in [5.41, 5.74) is 6.62. The lowest BCUT2D eigenvalue weighted by atomic mass is 10.2. The number of ether oxygens (including phenoxy) is 1. The topological polar surface area (TPSA) is 69.4 Å². The van der Waals surface area contributed by atoms with Crippen molar-refractivity contribution in [1.29, 1.82) is 0 Å². The van der Waals surface area contributed by atoms with Gasteiger partial charge in [-0.1, -0.05) is 29.8 Å². The first kappa shape index (κ1) is 14.7. The van der Waals surface area contributed by atoms with Crippen LogP contribution in [0.25, 0.3) is 0 Å². The van der Waals surface area contributed by atoms with E-state index in [2.05, 4.69) is 0 Å². The van der Waals surface area contributed by atoms with Crippen molar-refractivity contribution in [3.05, 3.63) is 53.1 Å². The van der Waals surface area contributed by atoms with E-state index in [-0.39, 0.29) is 16.4 Å². The standard InChI is InChI=1S/C14H14ClNO3S/c1-19-13-8-11(16)6-7-14(13)20(17,18)9-10-4-2-3-5-12(10)15/h2-8H,9,16H2,1H3. The van der Waals surface area contributed by atoms with E-state index in [1.807, 2.05) is 0 Å². The summed E-state index contributed by atoms with van der Waals surface area (Å²) in [6.07, 6.45) is 0. The van der Waals surface area contributed by atoms with Crippen LogP contribution >= 0.6 is 11.6 Å². The summed E-state index contributed by atoms with van der Waals surface area (Å²) in [5, 5.41) is 0.422. The number of benzene rings is 2.